The Balaban J connectivity index is 1.45. The maximum absolute atomic E-state index is 15.1. The molecule has 2 aromatic heterocycles. The fraction of sp³-hybridized carbons (Fsp3) is 0.484. The number of aryl methyl sites for hydroxylation is 1. The highest BCUT2D eigenvalue weighted by atomic mass is 19.1. The molecule has 0 saturated heterocycles. The highest BCUT2D eigenvalue weighted by Crippen LogP contribution is 2.47. The number of rotatable bonds is 4. The molecule has 214 valence electrons. The molecule has 3 aromatic rings. The number of fused-ring (bicyclic) bond motifs is 5. The van der Waals surface area contributed by atoms with E-state index in [2.05, 4.69) is 5.32 Å². The van der Waals surface area contributed by atoms with Gasteiger partial charge in [-0.3, -0.25) is 9.59 Å². The van der Waals surface area contributed by atoms with E-state index in [1.165, 1.54) is 6.07 Å². The van der Waals surface area contributed by atoms with Crippen LogP contribution in [0.15, 0.2) is 16.9 Å². The largest absolute Gasteiger partial charge is 0.458 e. The molecule has 1 aromatic carbocycles. The van der Waals surface area contributed by atoms with Crippen LogP contribution in [0.3, 0.4) is 0 Å². The first-order valence-corrected chi connectivity index (χ1v) is 14.4. The Labute approximate surface area is 235 Å². The molecule has 2 aliphatic carbocycles. The highest BCUT2D eigenvalue weighted by molar-refractivity contribution is 5.94. The fourth-order valence-corrected chi connectivity index (χ4v) is 7.52. The van der Waals surface area contributed by atoms with Crippen molar-refractivity contribution in [2.24, 2.45) is 5.41 Å². The average Bonchev–Trinajstić information content (AvgIpc) is 3.60. The number of nitrogens with zero attached hydrogens (tertiary/aromatic N) is 2. The molecule has 4 aliphatic rings. The number of aromatic nitrogens is 2. The van der Waals surface area contributed by atoms with Crippen molar-refractivity contribution in [3.05, 3.63) is 61.7 Å². The molecule has 41 heavy (non-hydrogen) atoms. The number of cyclic esters (lactones) is 1. The number of esters is 1. The Morgan fingerprint density at radius 2 is 1.98 bits per heavy atom. The summed E-state index contributed by atoms with van der Waals surface area (Å²) in [6, 6.07) is 2.62. The fourth-order valence-electron chi connectivity index (χ4n) is 7.52. The zero-order chi connectivity index (χ0) is 28.8. The van der Waals surface area contributed by atoms with Crippen LogP contribution in [-0.4, -0.2) is 38.2 Å². The number of hydrogen-bond acceptors (Lipinski definition) is 7. The number of carbonyl (C=O) groups is 2. The first-order chi connectivity index (χ1) is 19.6. The van der Waals surface area contributed by atoms with Gasteiger partial charge < -0.3 is 24.8 Å². The van der Waals surface area contributed by atoms with E-state index in [0.717, 1.165) is 34.9 Å². The number of nitrogens with one attached hydrogen (secondary N) is 1. The molecular weight excluding hydrogens is 529 g/mol. The van der Waals surface area contributed by atoms with Crippen LogP contribution in [0.2, 0.25) is 0 Å². The Hall–Kier alpha value is -3.63. The van der Waals surface area contributed by atoms with E-state index in [9.17, 15) is 24.6 Å². The molecule has 0 spiro atoms. The summed E-state index contributed by atoms with van der Waals surface area (Å²) < 4.78 is 21.9. The van der Waals surface area contributed by atoms with Crippen molar-refractivity contribution in [1.29, 1.82) is 0 Å². The molecule has 1 fully saturated rings. The predicted octanol–water partition coefficient (Wildman–Crippen LogP) is 3.18. The van der Waals surface area contributed by atoms with Gasteiger partial charge in [0.15, 0.2) is 5.60 Å². The summed E-state index contributed by atoms with van der Waals surface area (Å²) in [6.07, 6.45) is 4.13. The third-order valence-electron chi connectivity index (χ3n) is 10.0. The highest BCUT2D eigenvalue weighted by Gasteiger charge is 2.46. The lowest BCUT2D eigenvalue weighted by Gasteiger charge is -2.33. The Bertz CT molecular complexity index is 1740. The average molecular weight is 562 g/mol. The van der Waals surface area contributed by atoms with Gasteiger partial charge in [-0.2, -0.15) is 0 Å². The molecule has 9 nitrogen and oxygen atoms in total. The van der Waals surface area contributed by atoms with Crippen molar-refractivity contribution in [2.75, 3.05) is 6.61 Å². The number of benzene rings is 1. The third kappa shape index (κ3) is 3.46. The van der Waals surface area contributed by atoms with Gasteiger partial charge in [0.2, 0.25) is 5.91 Å². The molecule has 1 saturated carbocycles. The first kappa shape index (κ1) is 26.3. The number of ether oxygens (including phenoxy) is 1. The van der Waals surface area contributed by atoms with Gasteiger partial charge >= 0.3 is 5.97 Å². The number of carbonyl (C=O) groups excluding carboxylic acids is 2. The molecule has 3 N–H and O–H groups in total. The van der Waals surface area contributed by atoms with Gasteiger partial charge in [-0.05, 0) is 61.8 Å². The Morgan fingerprint density at radius 1 is 1.22 bits per heavy atom. The molecule has 4 heterocycles. The lowest BCUT2D eigenvalue weighted by atomic mass is 9.80. The van der Waals surface area contributed by atoms with Gasteiger partial charge in [0.1, 0.15) is 12.4 Å². The molecule has 2 aliphatic heterocycles. The number of aliphatic hydroxyl groups is 2. The van der Waals surface area contributed by atoms with Crippen LogP contribution in [0, 0.1) is 18.2 Å². The van der Waals surface area contributed by atoms with E-state index < -0.39 is 23.0 Å². The number of aliphatic hydroxyl groups excluding tert-OH is 1. The molecule has 2 atom stereocenters. The van der Waals surface area contributed by atoms with Gasteiger partial charge in [0.05, 0.1) is 47.1 Å². The van der Waals surface area contributed by atoms with Crippen LogP contribution in [-0.2, 0) is 39.5 Å². The smallest absolute Gasteiger partial charge is 0.343 e. The summed E-state index contributed by atoms with van der Waals surface area (Å²) in [5.41, 5.74) is 1.57. The SMILES string of the molecule is CC[C@@]1(O)C(=O)OCc2c1cc1n(c2=O)Cc2c-1nc1cc(F)c(C)c3c1c2[C@@H](NC(=O)C1(CO)CCCC1)CC3. The zero-order valence-electron chi connectivity index (χ0n) is 23.1. The second-order valence-electron chi connectivity index (χ2n) is 12.0. The first-order valence-electron chi connectivity index (χ1n) is 14.4. The van der Waals surface area contributed by atoms with Crippen molar-refractivity contribution >= 4 is 22.8 Å². The van der Waals surface area contributed by atoms with Crippen LogP contribution in [0.25, 0.3) is 22.3 Å². The van der Waals surface area contributed by atoms with Crippen molar-refractivity contribution in [3.63, 3.8) is 0 Å². The van der Waals surface area contributed by atoms with Gasteiger partial charge in [-0.1, -0.05) is 19.8 Å². The molecular formula is C31H32FN3O6. The van der Waals surface area contributed by atoms with Crippen molar-refractivity contribution in [1.82, 2.24) is 14.9 Å². The standard InChI is InChI=1S/C31H32FN3O6/c1-3-31(40)19-10-23-26-17(12-35(23)27(37)18(19)13-41-29(31)39)25-21(34-28(38)30(14-36)8-4-5-9-30)7-6-16-15(2)20(32)11-22(33-26)24(16)25/h10-11,21,36,40H,3-9,12-14H2,1-2H3,(H,34,38)/t21-,31-/m0/s1. The maximum atomic E-state index is 15.1. The van der Waals surface area contributed by atoms with E-state index in [0.29, 0.717) is 48.2 Å². The minimum atomic E-state index is -1.96. The maximum Gasteiger partial charge on any atom is 0.343 e. The minimum Gasteiger partial charge on any atom is -0.458 e. The number of halogens is 1. The summed E-state index contributed by atoms with van der Waals surface area (Å²) in [7, 11) is 0. The summed E-state index contributed by atoms with van der Waals surface area (Å²) >= 11 is 0. The van der Waals surface area contributed by atoms with Crippen molar-refractivity contribution in [2.45, 2.75) is 83.6 Å². The van der Waals surface area contributed by atoms with Gasteiger partial charge in [-0.15, -0.1) is 0 Å². The molecule has 0 bridgehead atoms. The number of hydrogen-bond donors (Lipinski definition) is 3. The molecule has 7 rings (SSSR count). The Kier molecular flexibility index (Phi) is 5.73. The van der Waals surface area contributed by atoms with Crippen LogP contribution >= 0.6 is 0 Å². The third-order valence-corrected chi connectivity index (χ3v) is 10.0. The van der Waals surface area contributed by atoms with Crippen LogP contribution < -0.4 is 10.9 Å². The zero-order valence-corrected chi connectivity index (χ0v) is 23.1. The Morgan fingerprint density at radius 3 is 2.68 bits per heavy atom. The van der Waals surface area contributed by atoms with Crippen LogP contribution in [0.1, 0.15) is 84.9 Å². The topological polar surface area (TPSA) is 131 Å². The minimum absolute atomic E-state index is 0.0273. The predicted molar refractivity (Wildman–Crippen MR) is 146 cm³/mol. The lowest BCUT2D eigenvalue weighted by molar-refractivity contribution is -0.172. The van der Waals surface area contributed by atoms with E-state index in [1.807, 2.05) is 0 Å². The summed E-state index contributed by atoms with van der Waals surface area (Å²) in [6.45, 7) is 3.12. The number of amides is 1. The van der Waals surface area contributed by atoms with Gasteiger partial charge in [0, 0.05) is 22.6 Å². The van der Waals surface area contributed by atoms with E-state index >= 15 is 4.39 Å². The second kappa shape index (κ2) is 8.93. The van der Waals surface area contributed by atoms with E-state index in [1.54, 1.807) is 24.5 Å². The van der Waals surface area contributed by atoms with E-state index in [4.69, 9.17) is 9.72 Å². The lowest BCUT2D eigenvalue weighted by Crippen LogP contribution is -2.44. The second-order valence-corrected chi connectivity index (χ2v) is 12.0. The monoisotopic (exact) mass is 561 g/mol. The quantitative estimate of drug-likeness (QED) is 0.326. The molecule has 1 amide bonds. The molecule has 0 radical (unpaired) electrons. The number of pyridine rings is 2. The van der Waals surface area contributed by atoms with Crippen molar-refractivity contribution < 1.29 is 28.9 Å². The summed E-state index contributed by atoms with van der Waals surface area (Å²) in [5, 5.41) is 25.4. The van der Waals surface area contributed by atoms with Gasteiger partial charge in [-0.25, -0.2) is 14.2 Å². The normalized spacial score (nSPS) is 23.6. The van der Waals surface area contributed by atoms with Crippen molar-refractivity contribution in [3.8, 4) is 11.4 Å². The molecule has 10 heteroatoms. The summed E-state index contributed by atoms with van der Waals surface area (Å²) in [5.74, 6) is -1.36. The van der Waals surface area contributed by atoms with E-state index in [-0.39, 0.29) is 54.6 Å². The van der Waals surface area contributed by atoms with Crippen LogP contribution in [0.5, 0.6) is 0 Å². The van der Waals surface area contributed by atoms with Gasteiger partial charge in [0.25, 0.3) is 5.56 Å². The van der Waals surface area contributed by atoms with Crippen LogP contribution in [0.4, 0.5) is 4.39 Å². The molecule has 0 unspecified atom stereocenters. The summed E-state index contributed by atoms with van der Waals surface area (Å²) in [4.78, 5) is 44.8.